The molecule has 0 N–H and O–H groups in total. The van der Waals surface area contributed by atoms with E-state index in [0.717, 1.165) is 24.5 Å². The van der Waals surface area contributed by atoms with Crippen LogP contribution in [-0.4, -0.2) is 71.5 Å². The molecule has 3 aliphatic rings. The average Bonchev–Trinajstić information content (AvgIpc) is 2.62. The fourth-order valence-electron chi connectivity index (χ4n) is 5.01. The van der Waals surface area contributed by atoms with Crippen LogP contribution >= 0.6 is 0 Å². The summed E-state index contributed by atoms with van der Waals surface area (Å²) in [5.41, 5.74) is 1.43. The molecule has 144 valence electrons. The lowest BCUT2D eigenvalue weighted by Gasteiger charge is -2.44. The average molecular weight is 357 g/mol. The lowest BCUT2D eigenvalue weighted by Crippen LogP contribution is -2.49. The van der Waals surface area contributed by atoms with Crippen molar-refractivity contribution in [1.29, 1.82) is 0 Å². The lowest BCUT2D eigenvalue weighted by molar-refractivity contribution is 0.0524. The summed E-state index contributed by atoms with van der Waals surface area (Å²) in [4.78, 5) is 12.3. The highest BCUT2D eigenvalue weighted by atomic mass is 15.2. The van der Waals surface area contributed by atoms with Crippen molar-refractivity contribution in [3.05, 3.63) is 30.1 Å². The van der Waals surface area contributed by atoms with Gasteiger partial charge < -0.3 is 9.80 Å². The van der Waals surface area contributed by atoms with Gasteiger partial charge in [-0.2, -0.15) is 0 Å². The maximum absolute atomic E-state index is 4.18. The lowest BCUT2D eigenvalue weighted by atomic mass is 9.88. The molecule has 4 rings (SSSR count). The van der Waals surface area contributed by atoms with E-state index in [2.05, 4.69) is 38.9 Å². The van der Waals surface area contributed by atoms with E-state index in [0.29, 0.717) is 0 Å². The summed E-state index contributed by atoms with van der Waals surface area (Å²) in [7, 11) is 2.26. The maximum atomic E-state index is 4.18. The molecule has 26 heavy (non-hydrogen) atoms. The van der Waals surface area contributed by atoms with Crippen LogP contribution in [0.25, 0.3) is 0 Å². The summed E-state index contributed by atoms with van der Waals surface area (Å²) >= 11 is 0. The second kappa shape index (κ2) is 8.81. The summed E-state index contributed by atoms with van der Waals surface area (Å²) in [5, 5.41) is 0. The van der Waals surface area contributed by atoms with Crippen molar-refractivity contribution in [3.8, 4) is 0 Å². The van der Waals surface area contributed by atoms with E-state index in [1.807, 2.05) is 12.4 Å². The third-order valence-corrected chi connectivity index (χ3v) is 7.07. The number of piperidine rings is 2. The third-order valence-electron chi connectivity index (χ3n) is 7.07. The maximum Gasteiger partial charge on any atom is 0.0271 e. The van der Waals surface area contributed by atoms with E-state index in [-0.39, 0.29) is 0 Å². The Hall–Kier alpha value is -0.970. The van der Waals surface area contributed by atoms with Crippen LogP contribution in [0.4, 0.5) is 0 Å². The van der Waals surface area contributed by atoms with Gasteiger partial charge in [-0.15, -0.1) is 0 Å². The summed E-state index contributed by atoms with van der Waals surface area (Å²) in [5.74, 6) is 0.889. The van der Waals surface area contributed by atoms with Crippen molar-refractivity contribution in [2.75, 3.05) is 39.8 Å². The zero-order valence-corrected chi connectivity index (χ0v) is 16.5. The number of aromatic nitrogens is 1. The predicted molar refractivity (Wildman–Crippen MR) is 107 cm³/mol. The van der Waals surface area contributed by atoms with Crippen LogP contribution in [0.15, 0.2) is 24.5 Å². The molecule has 2 aliphatic heterocycles. The van der Waals surface area contributed by atoms with E-state index in [1.165, 1.54) is 83.2 Å². The van der Waals surface area contributed by atoms with Crippen molar-refractivity contribution >= 4 is 0 Å². The number of hydrogen-bond donors (Lipinski definition) is 0. The SMILES string of the molecule is CN1CCC(N2CCC(CN(Cc3ccncc3)C3CCC3)CC2)CC1. The second-order valence-corrected chi connectivity index (χ2v) is 8.88. The van der Waals surface area contributed by atoms with Gasteiger partial charge in [0.05, 0.1) is 0 Å². The molecule has 3 heterocycles. The van der Waals surface area contributed by atoms with Crippen LogP contribution < -0.4 is 0 Å². The Labute approximate surface area is 159 Å². The van der Waals surface area contributed by atoms with E-state index >= 15 is 0 Å². The van der Waals surface area contributed by atoms with Crippen LogP contribution in [0.1, 0.15) is 50.5 Å². The van der Waals surface area contributed by atoms with Gasteiger partial charge in [-0.3, -0.25) is 9.88 Å². The van der Waals surface area contributed by atoms with Gasteiger partial charge in [0.1, 0.15) is 0 Å². The number of pyridine rings is 1. The third kappa shape index (κ3) is 4.65. The minimum Gasteiger partial charge on any atom is -0.306 e. The molecule has 0 radical (unpaired) electrons. The number of nitrogens with zero attached hydrogens (tertiary/aromatic N) is 4. The monoisotopic (exact) mass is 356 g/mol. The molecule has 3 fully saturated rings. The Morgan fingerprint density at radius 2 is 1.65 bits per heavy atom. The van der Waals surface area contributed by atoms with Gasteiger partial charge in [0, 0.05) is 37.6 Å². The molecule has 0 bridgehead atoms. The van der Waals surface area contributed by atoms with Gasteiger partial charge in [0.25, 0.3) is 0 Å². The van der Waals surface area contributed by atoms with Crippen molar-refractivity contribution < 1.29 is 0 Å². The predicted octanol–water partition coefficient (Wildman–Crippen LogP) is 3.24. The Bertz CT molecular complexity index is 528. The number of rotatable bonds is 6. The quantitative estimate of drug-likeness (QED) is 0.780. The van der Waals surface area contributed by atoms with Gasteiger partial charge in [0.15, 0.2) is 0 Å². The first kappa shape index (κ1) is 18.4. The van der Waals surface area contributed by atoms with Crippen molar-refractivity contribution in [3.63, 3.8) is 0 Å². The highest BCUT2D eigenvalue weighted by Crippen LogP contribution is 2.30. The van der Waals surface area contributed by atoms with E-state index in [1.54, 1.807) is 0 Å². The largest absolute Gasteiger partial charge is 0.306 e. The molecule has 1 saturated carbocycles. The molecular weight excluding hydrogens is 320 g/mol. The topological polar surface area (TPSA) is 22.6 Å². The van der Waals surface area contributed by atoms with Gasteiger partial charge in [-0.05, 0) is 95.4 Å². The normalized spacial score (nSPS) is 24.8. The standard InChI is InChI=1S/C22H36N4/c1-24-13-9-22(10-14-24)25-15-7-20(8-16-25)18-26(21-3-2-4-21)17-19-5-11-23-12-6-19/h5-6,11-12,20-22H,2-4,7-10,13-18H2,1H3. The van der Waals surface area contributed by atoms with Crippen molar-refractivity contribution in [1.82, 2.24) is 19.7 Å². The Balaban J connectivity index is 1.27. The van der Waals surface area contributed by atoms with E-state index in [4.69, 9.17) is 0 Å². The Morgan fingerprint density at radius 3 is 2.27 bits per heavy atom. The Morgan fingerprint density at radius 1 is 0.962 bits per heavy atom. The number of hydrogen-bond acceptors (Lipinski definition) is 4. The first-order valence-electron chi connectivity index (χ1n) is 10.8. The fourth-order valence-corrected chi connectivity index (χ4v) is 5.01. The molecule has 1 aromatic heterocycles. The first-order chi connectivity index (χ1) is 12.8. The smallest absolute Gasteiger partial charge is 0.0271 e. The zero-order chi connectivity index (χ0) is 17.8. The molecule has 4 nitrogen and oxygen atoms in total. The molecule has 2 saturated heterocycles. The molecule has 0 aromatic carbocycles. The minimum atomic E-state index is 0.829. The summed E-state index contributed by atoms with van der Waals surface area (Å²) < 4.78 is 0. The Kier molecular flexibility index (Phi) is 6.24. The van der Waals surface area contributed by atoms with Gasteiger partial charge in [0.2, 0.25) is 0 Å². The second-order valence-electron chi connectivity index (χ2n) is 8.88. The van der Waals surface area contributed by atoms with E-state index in [9.17, 15) is 0 Å². The zero-order valence-electron chi connectivity index (χ0n) is 16.5. The van der Waals surface area contributed by atoms with E-state index < -0.39 is 0 Å². The molecule has 1 aromatic rings. The molecular formula is C22H36N4. The molecule has 0 amide bonds. The first-order valence-corrected chi connectivity index (χ1v) is 10.8. The van der Waals surface area contributed by atoms with Crippen LogP contribution in [-0.2, 0) is 6.54 Å². The van der Waals surface area contributed by atoms with Crippen LogP contribution in [0.5, 0.6) is 0 Å². The minimum absolute atomic E-state index is 0.829. The van der Waals surface area contributed by atoms with Crippen LogP contribution in [0.2, 0.25) is 0 Å². The van der Waals surface area contributed by atoms with Crippen molar-refractivity contribution in [2.24, 2.45) is 5.92 Å². The van der Waals surface area contributed by atoms with Gasteiger partial charge in [-0.1, -0.05) is 6.42 Å². The van der Waals surface area contributed by atoms with Crippen LogP contribution in [0.3, 0.4) is 0 Å². The molecule has 0 atom stereocenters. The molecule has 0 unspecified atom stereocenters. The molecule has 1 aliphatic carbocycles. The van der Waals surface area contributed by atoms with Gasteiger partial charge in [-0.25, -0.2) is 0 Å². The molecule has 0 spiro atoms. The molecule has 4 heteroatoms. The highest BCUT2D eigenvalue weighted by Gasteiger charge is 2.31. The van der Waals surface area contributed by atoms with Crippen LogP contribution in [0, 0.1) is 5.92 Å². The summed E-state index contributed by atoms with van der Waals surface area (Å²) in [6.45, 7) is 7.63. The summed E-state index contributed by atoms with van der Waals surface area (Å²) in [6.07, 6.45) is 13.6. The van der Waals surface area contributed by atoms with Crippen molar-refractivity contribution in [2.45, 2.75) is 63.6 Å². The highest BCUT2D eigenvalue weighted by molar-refractivity contribution is 5.10. The summed E-state index contributed by atoms with van der Waals surface area (Å²) in [6, 6.07) is 6.06. The van der Waals surface area contributed by atoms with Gasteiger partial charge >= 0.3 is 0 Å². The number of likely N-dealkylation sites (tertiary alicyclic amines) is 2. The fraction of sp³-hybridized carbons (Fsp3) is 0.773.